The monoisotopic (exact) mass is 357 g/mol. The molecule has 0 aliphatic carbocycles. The third-order valence-corrected chi connectivity index (χ3v) is 3.42. The van der Waals surface area contributed by atoms with Gasteiger partial charge >= 0.3 is 0 Å². The van der Waals surface area contributed by atoms with Gasteiger partial charge in [0.05, 0.1) is 10.0 Å². The van der Waals surface area contributed by atoms with Gasteiger partial charge in [0.25, 0.3) is 0 Å². The molecule has 17 heavy (non-hydrogen) atoms. The smallest absolute Gasteiger partial charge is 0.215 e. The number of nitrogens with zero attached hydrogens (tertiary/aromatic N) is 1. The minimum absolute atomic E-state index is 0.00113. The Morgan fingerprint density at radius 2 is 1.82 bits per heavy atom. The van der Waals surface area contributed by atoms with E-state index in [2.05, 4.69) is 36.8 Å². The fraction of sp³-hybridized carbons (Fsp3) is 0. The van der Waals surface area contributed by atoms with E-state index in [0.717, 1.165) is 0 Å². The van der Waals surface area contributed by atoms with E-state index in [1.807, 2.05) is 0 Å². The van der Waals surface area contributed by atoms with Gasteiger partial charge in [0.2, 0.25) is 5.78 Å². The Labute approximate surface area is 114 Å². The van der Waals surface area contributed by atoms with Crippen molar-refractivity contribution in [2.45, 2.75) is 0 Å². The number of halogens is 3. The normalized spacial score (nSPS) is 10.3. The summed E-state index contributed by atoms with van der Waals surface area (Å²) < 4.78 is 14.6. The standard InChI is InChI=1S/C12H6Br2FNO/c13-8-4-1-3-7(10(8)15)12(17)11-9(14)5-2-6-16-11/h1-6H. The number of hydrogen-bond acceptors (Lipinski definition) is 2. The zero-order chi connectivity index (χ0) is 12.4. The van der Waals surface area contributed by atoms with Gasteiger partial charge in [0.1, 0.15) is 11.5 Å². The second-order valence-corrected chi connectivity index (χ2v) is 4.97. The number of aromatic nitrogens is 1. The summed E-state index contributed by atoms with van der Waals surface area (Å²) in [5.74, 6) is -1.02. The largest absolute Gasteiger partial charge is 0.287 e. The molecule has 0 aliphatic heterocycles. The van der Waals surface area contributed by atoms with Crippen LogP contribution in [0.4, 0.5) is 4.39 Å². The van der Waals surface area contributed by atoms with E-state index < -0.39 is 11.6 Å². The van der Waals surface area contributed by atoms with Crippen LogP contribution in [0.5, 0.6) is 0 Å². The molecule has 0 saturated carbocycles. The number of carbonyl (C=O) groups excluding carboxylic acids is 1. The van der Waals surface area contributed by atoms with Crippen LogP contribution in [0.25, 0.3) is 0 Å². The molecule has 0 atom stereocenters. The summed E-state index contributed by atoms with van der Waals surface area (Å²) in [6, 6.07) is 7.97. The molecular weight excluding hydrogens is 353 g/mol. The van der Waals surface area contributed by atoms with Crippen molar-refractivity contribution in [2.24, 2.45) is 0 Å². The zero-order valence-corrected chi connectivity index (χ0v) is 11.6. The van der Waals surface area contributed by atoms with Gasteiger partial charge in [-0.2, -0.15) is 0 Å². The zero-order valence-electron chi connectivity index (χ0n) is 8.45. The lowest BCUT2D eigenvalue weighted by atomic mass is 10.1. The van der Waals surface area contributed by atoms with Crippen LogP contribution in [-0.2, 0) is 0 Å². The van der Waals surface area contributed by atoms with E-state index in [-0.39, 0.29) is 15.7 Å². The summed E-state index contributed by atoms with van der Waals surface area (Å²) in [6.45, 7) is 0. The Hall–Kier alpha value is -1.07. The summed E-state index contributed by atoms with van der Waals surface area (Å²) in [7, 11) is 0. The van der Waals surface area contributed by atoms with Gasteiger partial charge in [-0.3, -0.25) is 9.78 Å². The van der Waals surface area contributed by atoms with Crippen molar-refractivity contribution < 1.29 is 9.18 Å². The average Bonchev–Trinajstić information content (AvgIpc) is 2.32. The molecule has 1 aromatic heterocycles. The van der Waals surface area contributed by atoms with E-state index in [1.165, 1.54) is 12.3 Å². The van der Waals surface area contributed by atoms with E-state index in [9.17, 15) is 9.18 Å². The van der Waals surface area contributed by atoms with Crippen LogP contribution in [0, 0.1) is 5.82 Å². The number of benzene rings is 1. The highest BCUT2D eigenvalue weighted by Gasteiger charge is 2.18. The number of rotatable bonds is 2. The SMILES string of the molecule is O=C(c1cccc(Br)c1F)c1ncccc1Br. The summed E-state index contributed by atoms with van der Waals surface area (Å²) in [4.78, 5) is 16.0. The van der Waals surface area contributed by atoms with E-state index in [1.54, 1.807) is 24.3 Å². The molecule has 0 aliphatic rings. The molecule has 1 heterocycles. The summed E-state index contributed by atoms with van der Waals surface area (Å²) in [6.07, 6.45) is 1.49. The molecule has 0 unspecified atom stereocenters. The molecule has 5 heteroatoms. The van der Waals surface area contributed by atoms with Gasteiger partial charge in [-0.1, -0.05) is 6.07 Å². The van der Waals surface area contributed by atoms with Crippen molar-refractivity contribution in [2.75, 3.05) is 0 Å². The van der Waals surface area contributed by atoms with Crippen molar-refractivity contribution in [1.29, 1.82) is 0 Å². The first-order chi connectivity index (χ1) is 8.11. The average molecular weight is 359 g/mol. The maximum absolute atomic E-state index is 13.8. The summed E-state index contributed by atoms with van der Waals surface area (Å²) >= 11 is 6.27. The number of hydrogen-bond donors (Lipinski definition) is 0. The van der Waals surface area contributed by atoms with Crippen molar-refractivity contribution in [3.8, 4) is 0 Å². The molecule has 2 nitrogen and oxygen atoms in total. The second-order valence-electron chi connectivity index (χ2n) is 3.26. The van der Waals surface area contributed by atoms with Gasteiger partial charge < -0.3 is 0 Å². The Balaban J connectivity index is 2.52. The lowest BCUT2D eigenvalue weighted by Gasteiger charge is -2.04. The Bertz CT molecular complexity index is 586. The predicted molar refractivity (Wildman–Crippen MR) is 69.5 cm³/mol. The van der Waals surface area contributed by atoms with Crippen molar-refractivity contribution in [3.63, 3.8) is 0 Å². The fourth-order valence-electron chi connectivity index (χ4n) is 1.36. The maximum Gasteiger partial charge on any atom is 0.215 e. The Morgan fingerprint density at radius 1 is 1.12 bits per heavy atom. The molecule has 0 saturated heterocycles. The molecule has 2 rings (SSSR count). The van der Waals surface area contributed by atoms with Crippen molar-refractivity contribution >= 4 is 37.6 Å². The third kappa shape index (κ3) is 2.45. The molecule has 0 N–H and O–H groups in total. The Kier molecular flexibility index (Phi) is 3.69. The Morgan fingerprint density at radius 3 is 2.53 bits per heavy atom. The highest BCUT2D eigenvalue weighted by Crippen LogP contribution is 2.23. The fourth-order valence-corrected chi connectivity index (χ4v) is 2.16. The molecule has 0 radical (unpaired) electrons. The molecule has 0 bridgehead atoms. The third-order valence-electron chi connectivity index (χ3n) is 2.17. The van der Waals surface area contributed by atoms with Gasteiger partial charge in [0.15, 0.2) is 0 Å². The highest BCUT2D eigenvalue weighted by atomic mass is 79.9. The van der Waals surface area contributed by atoms with Crippen LogP contribution in [-0.4, -0.2) is 10.8 Å². The summed E-state index contributed by atoms with van der Waals surface area (Å²) in [5.41, 5.74) is 0.197. The molecule has 0 spiro atoms. The molecule has 1 aromatic carbocycles. The van der Waals surface area contributed by atoms with E-state index in [0.29, 0.717) is 4.47 Å². The van der Waals surface area contributed by atoms with E-state index >= 15 is 0 Å². The van der Waals surface area contributed by atoms with Crippen LogP contribution in [0.1, 0.15) is 16.1 Å². The number of ketones is 1. The molecule has 2 aromatic rings. The minimum Gasteiger partial charge on any atom is -0.287 e. The van der Waals surface area contributed by atoms with Gasteiger partial charge in [-0.25, -0.2) is 4.39 Å². The predicted octanol–water partition coefficient (Wildman–Crippen LogP) is 3.98. The van der Waals surface area contributed by atoms with Crippen LogP contribution in [0.3, 0.4) is 0 Å². The van der Waals surface area contributed by atoms with Crippen molar-refractivity contribution in [3.05, 3.63) is 62.5 Å². The van der Waals surface area contributed by atoms with Gasteiger partial charge in [0, 0.05) is 10.7 Å². The van der Waals surface area contributed by atoms with Crippen LogP contribution >= 0.6 is 31.9 Å². The number of pyridine rings is 1. The van der Waals surface area contributed by atoms with Crippen LogP contribution in [0.15, 0.2) is 45.5 Å². The quantitative estimate of drug-likeness (QED) is 0.760. The first kappa shape index (κ1) is 12.4. The lowest BCUT2D eigenvalue weighted by Crippen LogP contribution is -2.07. The van der Waals surface area contributed by atoms with Crippen LogP contribution in [0.2, 0.25) is 0 Å². The topological polar surface area (TPSA) is 30.0 Å². The highest BCUT2D eigenvalue weighted by molar-refractivity contribution is 9.10. The molecular formula is C12H6Br2FNO. The first-order valence-corrected chi connectivity index (χ1v) is 6.29. The molecule has 0 amide bonds. The van der Waals surface area contributed by atoms with E-state index in [4.69, 9.17) is 0 Å². The van der Waals surface area contributed by atoms with Crippen LogP contribution < -0.4 is 0 Å². The van der Waals surface area contributed by atoms with Crippen molar-refractivity contribution in [1.82, 2.24) is 4.98 Å². The molecule has 0 fully saturated rings. The second kappa shape index (κ2) is 5.06. The van der Waals surface area contributed by atoms with Gasteiger partial charge in [-0.15, -0.1) is 0 Å². The minimum atomic E-state index is -0.574. The lowest BCUT2D eigenvalue weighted by molar-refractivity contribution is 0.102. The number of carbonyl (C=O) groups is 1. The first-order valence-electron chi connectivity index (χ1n) is 4.70. The maximum atomic E-state index is 13.8. The summed E-state index contributed by atoms with van der Waals surface area (Å²) in [5, 5.41) is 0. The molecule has 86 valence electrons. The van der Waals surface area contributed by atoms with Gasteiger partial charge in [-0.05, 0) is 56.1 Å².